The van der Waals surface area contributed by atoms with Gasteiger partial charge >= 0.3 is 0 Å². The quantitative estimate of drug-likeness (QED) is 0.702. The van der Waals surface area contributed by atoms with Crippen molar-refractivity contribution in [3.05, 3.63) is 35.2 Å². The number of nitrogens with two attached hydrogens (primary N) is 1. The van der Waals surface area contributed by atoms with Gasteiger partial charge in [0.15, 0.2) is 0 Å². The summed E-state index contributed by atoms with van der Waals surface area (Å²) in [6.07, 6.45) is 5.48. The van der Waals surface area contributed by atoms with E-state index in [9.17, 15) is 4.39 Å². The molecule has 0 spiro atoms. The first-order chi connectivity index (χ1) is 6.76. The summed E-state index contributed by atoms with van der Waals surface area (Å²) < 4.78 is 12.9. The summed E-state index contributed by atoms with van der Waals surface area (Å²) in [4.78, 5) is 0. The zero-order valence-corrected chi connectivity index (χ0v) is 10.4. The predicted molar refractivity (Wildman–Crippen MR) is 65.3 cm³/mol. The molecule has 0 rings (SSSR count). The Hall–Kier alpha value is -0.890. The molecule has 0 unspecified atom stereocenters. The molecule has 0 aliphatic heterocycles. The first-order valence-electron chi connectivity index (χ1n) is 5.21. The van der Waals surface area contributed by atoms with Gasteiger partial charge in [-0.25, -0.2) is 4.39 Å². The largest absolute Gasteiger partial charge is 0.325 e. The van der Waals surface area contributed by atoms with E-state index in [4.69, 9.17) is 5.73 Å². The highest BCUT2D eigenvalue weighted by atomic mass is 19.1. The standard InChI is InChI=1S/C13H22FN/c1-6-12(14)8-7-11(10(2)3)9-13(4,5)15/h6-8H,9,15H2,1-5H3/b8-7-,12-6+. The van der Waals surface area contributed by atoms with Crippen LogP contribution in [-0.2, 0) is 0 Å². The Labute approximate surface area is 92.6 Å². The summed E-state index contributed by atoms with van der Waals surface area (Å²) >= 11 is 0. The highest BCUT2D eigenvalue weighted by molar-refractivity contribution is 5.29. The fourth-order valence-corrected chi connectivity index (χ4v) is 1.17. The van der Waals surface area contributed by atoms with Crippen molar-refractivity contribution in [1.29, 1.82) is 0 Å². The third-order valence-electron chi connectivity index (χ3n) is 2.01. The zero-order chi connectivity index (χ0) is 12.1. The lowest BCUT2D eigenvalue weighted by Crippen LogP contribution is -2.32. The van der Waals surface area contributed by atoms with Crippen molar-refractivity contribution in [1.82, 2.24) is 0 Å². The molecule has 0 aliphatic rings. The van der Waals surface area contributed by atoms with Crippen LogP contribution in [0.3, 0.4) is 0 Å². The van der Waals surface area contributed by atoms with Crippen molar-refractivity contribution in [2.75, 3.05) is 0 Å². The number of allylic oxidation sites excluding steroid dienone is 5. The van der Waals surface area contributed by atoms with E-state index in [2.05, 4.69) is 0 Å². The van der Waals surface area contributed by atoms with Crippen molar-refractivity contribution in [3.63, 3.8) is 0 Å². The molecule has 0 aromatic carbocycles. The van der Waals surface area contributed by atoms with Gasteiger partial charge in [0.2, 0.25) is 0 Å². The molecule has 0 bridgehead atoms. The van der Waals surface area contributed by atoms with Crippen LogP contribution in [0.5, 0.6) is 0 Å². The molecule has 0 saturated carbocycles. The van der Waals surface area contributed by atoms with Crippen LogP contribution in [0.4, 0.5) is 4.39 Å². The van der Waals surface area contributed by atoms with Crippen molar-refractivity contribution in [2.24, 2.45) is 5.73 Å². The Kier molecular flexibility index (Phi) is 5.51. The maximum atomic E-state index is 12.9. The van der Waals surface area contributed by atoms with Crippen LogP contribution in [0.2, 0.25) is 0 Å². The average molecular weight is 211 g/mol. The van der Waals surface area contributed by atoms with E-state index in [-0.39, 0.29) is 11.4 Å². The lowest BCUT2D eigenvalue weighted by molar-refractivity contribution is 0.517. The average Bonchev–Trinajstić information content (AvgIpc) is 2.09. The monoisotopic (exact) mass is 211 g/mol. The second kappa shape index (κ2) is 5.86. The summed E-state index contributed by atoms with van der Waals surface area (Å²) in [5.74, 6) is -0.219. The highest BCUT2D eigenvalue weighted by Gasteiger charge is 2.12. The summed E-state index contributed by atoms with van der Waals surface area (Å²) in [5.41, 5.74) is 7.95. The fraction of sp³-hybridized carbons (Fsp3) is 0.538. The first-order valence-corrected chi connectivity index (χ1v) is 5.21. The Morgan fingerprint density at radius 3 is 2.13 bits per heavy atom. The first kappa shape index (κ1) is 14.1. The number of hydrogen-bond acceptors (Lipinski definition) is 1. The molecule has 1 nitrogen and oxygen atoms in total. The van der Waals surface area contributed by atoms with Gasteiger partial charge in [0, 0.05) is 5.54 Å². The van der Waals surface area contributed by atoms with Gasteiger partial charge in [-0.15, -0.1) is 0 Å². The second-order valence-electron chi connectivity index (χ2n) is 4.70. The van der Waals surface area contributed by atoms with E-state index in [0.717, 1.165) is 12.0 Å². The fourth-order valence-electron chi connectivity index (χ4n) is 1.17. The van der Waals surface area contributed by atoms with E-state index in [1.54, 1.807) is 13.0 Å². The number of hydrogen-bond donors (Lipinski definition) is 1. The van der Waals surface area contributed by atoms with Gasteiger partial charge in [0.05, 0.1) is 0 Å². The van der Waals surface area contributed by atoms with E-state index in [0.29, 0.717) is 0 Å². The minimum Gasteiger partial charge on any atom is -0.325 e. The summed E-state index contributed by atoms with van der Waals surface area (Å²) in [5, 5.41) is 0. The van der Waals surface area contributed by atoms with Crippen LogP contribution in [0.15, 0.2) is 35.2 Å². The molecule has 86 valence electrons. The molecule has 0 atom stereocenters. The van der Waals surface area contributed by atoms with Crippen molar-refractivity contribution in [3.8, 4) is 0 Å². The van der Waals surface area contributed by atoms with Gasteiger partial charge in [0.1, 0.15) is 5.83 Å². The van der Waals surface area contributed by atoms with Crippen LogP contribution in [-0.4, -0.2) is 5.54 Å². The third kappa shape index (κ3) is 7.09. The van der Waals surface area contributed by atoms with Crippen LogP contribution >= 0.6 is 0 Å². The molecule has 0 aliphatic carbocycles. The minimum absolute atomic E-state index is 0.219. The Bertz CT molecular complexity index is 286. The third-order valence-corrected chi connectivity index (χ3v) is 2.01. The predicted octanol–water partition coefficient (Wildman–Crippen LogP) is 3.88. The lowest BCUT2D eigenvalue weighted by Gasteiger charge is -2.20. The Morgan fingerprint density at radius 1 is 1.27 bits per heavy atom. The number of rotatable bonds is 4. The van der Waals surface area contributed by atoms with Crippen molar-refractivity contribution < 1.29 is 4.39 Å². The van der Waals surface area contributed by atoms with Gasteiger partial charge in [0.25, 0.3) is 0 Å². The summed E-state index contributed by atoms with van der Waals surface area (Å²) in [7, 11) is 0. The summed E-state index contributed by atoms with van der Waals surface area (Å²) in [6, 6.07) is 0. The van der Waals surface area contributed by atoms with Crippen LogP contribution in [0.1, 0.15) is 41.0 Å². The van der Waals surface area contributed by atoms with Crippen LogP contribution < -0.4 is 5.73 Å². The zero-order valence-electron chi connectivity index (χ0n) is 10.4. The summed E-state index contributed by atoms with van der Waals surface area (Å²) in [6.45, 7) is 9.64. The molecule has 2 N–H and O–H groups in total. The van der Waals surface area contributed by atoms with Crippen LogP contribution in [0.25, 0.3) is 0 Å². The maximum absolute atomic E-state index is 12.9. The van der Waals surface area contributed by atoms with Gasteiger partial charge in [-0.2, -0.15) is 0 Å². The van der Waals surface area contributed by atoms with E-state index >= 15 is 0 Å². The molecular formula is C13H22FN. The SMILES string of the molecule is C/C=C(F)\C=C/C(CC(C)(C)N)=C(C)C. The van der Waals surface area contributed by atoms with Gasteiger partial charge in [-0.3, -0.25) is 0 Å². The smallest absolute Gasteiger partial charge is 0.118 e. The molecule has 0 amide bonds. The molecule has 0 aromatic heterocycles. The normalized spacial score (nSPS) is 13.4. The van der Waals surface area contributed by atoms with E-state index in [1.807, 2.05) is 27.7 Å². The molecule has 0 saturated heterocycles. The molecule has 0 heterocycles. The second-order valence-corrected chi connectivity index (χ2v) is 4.70. The highest BCUT2D eigenvalue weighted by Crippen LogP contribution is 2.18. The number of halogens is 1. The molecule has 15 heavy (non-hydrogen) atoms. The maximum Gasteiger partial charge on any atom is 0.118 e. The molecule has 2 heteroatoms. The minimum atomic E-state index is -0.261. The van der Waals surface area contributed by atoms with E-state index < -0.39 is 0 Å². The Balaban J connectivity index is 4.75. The van der Waals surface area contributed by atoms with Gasteiger partial charge < -0.3 is 5.73 Å². The molecule has 0 radical (unpaired) electrons. The van der Waals surface area contributed by atoms with Crippen molar-refractivity contribution in [2.45, 2.75) is 46.6 Å². The van der Waals surface area contributed by atoms with Crippen LogP contribution in [0, 0.1) is 0 Å². The Morgan fingerprint density at radius 2 is 1.80 bits per heavy atom. The van der Waals surface area contributed by atoms with E-state index in [1.165, 1.54) is 17.7 Å². The van der Waals surface area contributed by atoms with Gasteiger partial charge in [-0.1, -0.05) is 17.7 Å². The van der Waals surface area contributed by atoms with Gasteiger partial charge in [-0.05, 0) is 52.7 Å². The molecule has 0 fully saturated rings. The molecular weight excluding hydrogens is 189 g/mol. The molecule has 0 aromatic rings. The van der Waals surface area contributed by atoms with Crippen molar-refractivity contribution >= 4 is 0 Å². The topological polar surface area (TPSA) is 26.0 Å². The lowest BCUT2D eigenvalue weighted by atomic mass is 9.93.